The Morgan fingerprint density at radius 2 is 2.32 bits per heavy atom. The van der Waals surface area contributed by atoms with Gasteiger partial charge in [0.1, 0.15) is 5.75 Å². The van der Waals surface area contributed by atoms with Crippen LogP contribution in [0.3, 0.4) is 0 Å². The molecule has 106 valence electrons. The van der Waals surface area contributed by atoms with Crippen molar-refractivity contribution in [3.63, 3.8) is 0 Å². The Hall–Kier alpha value is -0.290. The van der Waals surface area contributed by atoms with Crippen molar-refractivity contribution in [2.75, 3.05) is 26.2 Å². The molecule has 2 aliphatic heterocycles. The predicted octanol–water partition coefficient (Wildman–Crippen LogP) is 2.60. The number of ether oxygens (including phenoxy) is 1. The minimum atomic E-state index is 0. The van der Waals surface area contributed by atoms with Crippen LogP contribution < -0.4 is 10.1 Å². The predicted molar refractivity (Wildman–Crippen MR) is 83.3 cm³/mol. The maximum atomic E-state index is 5.79. The van der Waals surface area contributed by atoms with Gasteiger partial charge in [-0.05, 0) is 24.6 Å². The molecule has 1 saturated heterocycles. The number of piperazine rings is 1. The van der Waals surface area contributed by atoms with Crippen LogP contribution >= 0.6 is 28.3 Å². The van der Waals surface area contributed by atoms with E-state index >= 15 is 0 Å². The minimum Gasteiger partial charge on any atom is -0.493 e. The first-order chi connectivity index (χ1) is 8.72. The second-order valence-corrected chi connectivity index (χ2v) is 6.16. The quantitative estimate of drug-likeness (QED) is 0.890. The summed E-state index contributed by atoms with van der Waals surface area (Å²) in [5, 5.41) is 3.48. The van der Waals surface area contributed by atoms with Gasteiger partial charge in [-0.2, -0.15) is 0 Å². The lowest BCUT2D eigenvalue weighted by atomic mass is 10.1. The minimum absolute atomic E-state index is 0. The molecule has 5 heteroatoms. The highest BCUT2D eigenvalue weighted by molar-refractivity contribution is 9.10. The van der Waals surface area contributed by atoms with Crippen LogP contribution in [0.1, 0.15) is 18.1 Å². The molecule has 0 aliphatic carbocycles. The Bertz CT molecular complexity index is 455. The molecule has 1 fully saturated rings. The molecular formula is C14H20BrClN2O. The number of halogens is 2. The van der Waals surface area contributed by atoms with Crippen molar-refractivity contribution in [2.45, 2.75) is 25.9 Å². The van der Waals surface area contributed by atoms with Gasteiger partial charge in [0, 0.05) is 48.7 Å². The third-order valence-electron chi connectivity index (χ3n) is 3.67. The van der Waals surface area contributed by atoms with Crippen molar-refractivity contribution in [3.05, 3.63) is 27.7 Å². The zero-order chi connectivity index (χ0) is 12.5. The van der Waals surface area contributed by atoms with Gasteiger partial charge in [-0.1, -0.05) is 15.9 Å². The first-order valence-corrected chi connectivity index (χ1v) is 7.41. The summed E-state index contributed by atoms with van der Waals surface area (Å²) < 4.78 is 6.96. The highest BCUT2D eigenvalue weighted by atomic mass is 79.9. The molecule has 0 saturated carbocycles. The fourth-order valence-electron chi connectivity index (χ4n) is 2.86. The molecule has 0 spiro atoms. The monoisotopic (exact) mass is 346 g/mol. The molecule has 1 aromatic carbocycles. The second kappa shape index (κ2) is 6.44. The Morgan fingerprint density at radius 3 is 3.11 bits per heavy atom. The van der Waals surface area contributed by atoms with E-state index in [-0.39, 0.29) is 12.4 Å². The van der Waals surface area contributed by atoms with Gasteiger partial charge in [0.15, 0.2) is 0 Å². The highest BCUT2D eigenvalue weighted by Crippen LogP contribution is 2.33. The van der Waals surface area contributed by atoms with E-state index in [1.165, 1.54) is 15.6 Å². The molecule has 3 rings (SSSR count). The lowest BCUT2D eigenvalue weighted by Gasteiger charge is -2.32. The van der Waals surface area contributed by atoms with E-state index in [4.69, 9.17) is 4.74 Å². The largest absolute Gasteiger partial charge is 0.493 e. The molecule has 0 radical (unpaired) electrons. The lowest BCUT2D eigenvalue weighted by molar-refractivity contribution is 0.197. The van der Waals surface area contributed by atoms with Crippen molar-refractivity contribution in [1.29, 1.82) is 0 Å². The normalized spacial score (nSPS) is 22.5. The second-order valence-electron chi connectivity index (χ2n) is 5.24. The van der Waals surface area contributed by atoms with Gasteiger partial charge < -0.3 is 10.1 Å². The summed E-state index contributed by atoms with van der Waals surface area (Å²) in [5.41, 5.74) is 2.67. The van der Waals surface area contributed by atoms with E-state index in [9.17, 15) is 0 Å². The van der Waals surface area contributed by atoms with E-state index in [1.807, 2.05) is 0 Å². The van der Waals surface area contributed by atoms with Crippen LogP contribution in [0.2, 0.25) is 0 Å². The van der Waals surface area contributed by atoms with Crippen LogP contribution in [0.4, 0.5) is 0 Å². The Morgan fingerprint density at radius 1 is 1.47 bits per heavy atom. The van der Waals surface area contributed by atoms with Crippen molar-refractivity contribution in [3.8, 4) is 5.75 Å². The maximum Gasteiger partial charge on any atom is 0.127 e. The summed E-state index contributed by atoms with van der Waals surface area (Å²) in [5.74, 6) is 1.13. The SMILES string of the molecule is C[C@@H]1CN(Cc2cc(Br)cc3c2OCC3)CCN1.Cl. The van der Waals surface area contributed by atoms with Gasteiger partial charge in [-0.25, -0.2) is 0 Å². The summed E-state index contributed by atoms with van der Waals surface area (Å²) in [6, 6.07) is 4.98. The Balaban J connectivity index is 0.00000133. The van der Waals surface area contributed by atoms with Crippen molar-refractivity contribution < 1.29 is 4.74 Å². The number of rotatable bonds is 2. The fraction of sp³-hybridized carbons (Fsp3) is 0.571. The number of hydrogen-bond acceptors (Lipinski definition) is 3. The van der Waals surface area contributed by atoms with E-state index < -0.39 is 0 Å². The molecule has 0 unspecified atom stereocenters. The Labute approximate surface area is 129 Å². The van der Waals surface area contributed by atoms with Gasteiger partial charge in [-0.15, -0.1) is 12.4 Å². The summed E-state index contributed by atoms with van der Waals surface area (Å²) in [6.07, 6.45) is 1.04. The summed E-state index contributed by atoms with van der Waals surface area (Å²) >= 11 is 3.61. The standard InChI is InChI=1S/C14H19BrN2O.ClH/c1-10-8-17(4-3-16-10)9-12-7-13(15)6-11-2-5-18-14(11)12;/h6-7,10,16H,2-5,8-9H2,1H3;1H/t10-;/m1./s1. The van der Waals surface area contributed by atoms with Crippen LogP contribution in [0, 0.1) is 0 Å². The molecular weight excluding hydrogens is 328 g/mol. The maximum absolute atomic E-state index is 5.79. The topological polar surface area (TPSA) is 24.5 Å². The van der Waals surface area contributed by atoms with Crippen LogP contribution in [-0.2, 0) is 13.0 Å². The number of nitrogens with one attached hydrogen (secondary N) is 1. The first kappa shape index (κ1) is 15.1. The highest BCUT2D eigenvalue weighted by Gasteiger charge is 2.21. The molecule has 2 heterocycles. The number of nitrogens with zero attached hydrogens (tertiary/aromatic N) is 1. The lowest BCUT2D eigenvalue weighted by Crippen LogP contribution is -2.48. The Kier molecular flexibility index (Phi) is 5.12. The third kappa shape index (κ3) is 3.43. The molecule has 3 nitrogen and oxygen atoms in total. The van der Waals surface area contributed by atoms with Crippen LogP contribution in [0.25, 0.3) is 0 Å². The van der Waals surface area contributed by atoms with Crippen molar-refractivity contribution in [1.82, 2.24) is 10.2 Å². The number of benzene rings is 1. The molecule has 0 aromatic heterocycles. The van der Waals surface area contributed by atoms with Crippen molar-refractivity contribution >= 4 is 28.3 Å². The summed E-state index contributed by atoms with van der Waals surface area (Å²) in [4.78, 5) is 2.50. The molecule has 1 aromatic rings. The van der Waals surface area contributed by atoms with Gasteiger partial charge in [-0.3, -0.25) is 4.90 Å². The first-order valence-electron chi connectivity index (χ1n) is 6.62. The number of hydrogen-bond donors (Lipinski definition) is 1. The van der Waals surface area contributed by atoms with Crippen LogP contribution in [-0.4, -0.2) is 37.2 Å². The van der Waals surface area contributed by atoms with E-state index in [0.717, 1.165) is 45.0 Å². The fourth-order valence-corrected chi connectivity index (χ4v) is 3.41. The zero-order valence-electron chi connectivity index (χ0n) is 11.1. The summed E-state index contributed by atoms with van der Waals surface area (Å²) in [7, 11) is 0. The van der Waals surface area contributed by atoms with Gasteiger partial charge in [0.25, 0.3) is 0 Å². The average molecular weight is 348 g/mol. The third-order valence-corrected chi connectivity index (χ3v) is 4.13. The van der Waals surface area contributed by atoms with Gasteiger partial charge >= 0.3 is 0 Å². The molecule has 1 atom stereocenters. The van der Waals surface area contributed by atoms with Crippen LogP contribution in [0.5, 0.6) is 5.75 Å². The molecule has 2 aliphatic rings. The number of fused-ring (bicyclic) bond motifs is 1. The van der Waals surface area contributed by atoms with Gasteiger partial charge in [0.05, 0.1) is 6.61 Å². The summed E-state index contributed by atoms with van der Waals surface area (Å²) in [6.45, 7) is 7.38. The average Bonchev–Trinajstić information content (AvgIpc) is 2.77. The molecule has 0 amide bonds. The van der Waals surface area contributed by atoms with Crippen LogP contribution in [0.15, 0.2) is 16.6 Å². The molecule has 19 heavy (non-hydrogen) atoms. The smallest absolute Gasteiger partial charge is 0.127 e. The molecule has 0 bridgehead atoms. The van der Waals surface area contributed by atoms with E-state index in [0.29, 0.717) is 6.04 Å². The van der Waals surface area contributed by atoms with E-state index in [1.54, 1.807) is 0 Å². The van der Waals surface area contributed by atoms with Crippen molar-refractivity contribution in [2.24, 2.45) is 0 Å². The molecule has 1 N–H and O–H groups in total. The van der Waals surface area contributed by atoms with E-state index in [2.05, 4.69) is 45.2 Å². The zero-order valence-corrected chi connectivity index (χ0v) is 13.5. The van der Waals surface area contributed by atoms with Gasteiger partial charge in [0.2, 0.25) is 0 Å².